The molecule has 1 aromatic rings. The second kappa shape index (κ2) is 6.65. The van der Waals surface area contributed by atoms with E-state index in [4.69, 9.17) is 10.5 Å². The zero-order valence-corrected chi connectivity index (χ0v) is 14.2. The van der Waals surface area contributed by atoms with Gasteiger partial charge in [0.2, 0.25) is 0 Å². The van der Waals surface area contributed by atoms with Crippen molar-refractivity contribution in [2.75, 3.05) is 39.8 Å². The fraction of sp³-hybridized carbons (Fsp3) is 0.625. The standard InChI is InChI=1S/C16H24BrN3O/c1-21-13-4-5-15(17)14(10-13)16(11-18)20-8-6-19(7-9-20)12-2-3-12/h4-5,10,12,16H,2-3,6-9,11,18H2,1H3. The Labute approximate surface area is 135 Å². The van der Waals surface area contributed by atoms with Crippen LogP contribution in [0.15, 0.2) is 22.7 Å². The third-order valence-corrected chi connectivity index (χ3v) is 5.36. The lowest BCUT2D eigenvalue weighted by molar-refractivity contribution is 0.0935. The molecule has 1 aliphatic heterocycles. The van der Waals surface area contributed by atoms with Crippen molar-refractivity contribution >= 4 is 15.9 Å². The average Bonchev–Trinajstić information content (AvgIpc) is 3.35. The van der Waals surface area contributed by atoms with Gasteiger partial charge < -0.3 is 10.5 Å². The van der Waals surface area contributed by atoms with Gasteiger partial charge in [-0.3, -0.25) is 9.80 Å². The lowest BCUT2D eigenvalue weighted by Crippen LogP contribution is -2.49. The Morgan fingerprint density at radius 1 is 1.29 bits per heavy atom. The van der Waals surface area contributed by atoms with Crippen LogP contribution in [-0.2, 0) is 0 Å². The second-order valence-electron chi connectivity index (χ2n) is 5.94. The van der Waals surface area contributed by atoms with Crippen LogP contribution in [0.3, 0.4) is 0 Å². The van der Waals surface area contributed by atoms with Gasteiger partial charge in [-0.25, -0.2) is 0 Å². The molecule has 5 heteroatoms. The fourth-order valence-corrected chi connectivity index (χ4v) is 3.74. The molecule has 0 bridgehead atoms. The molecular formula is C16H24BrN3O. The summed E-state index contributed by atoms with van der Waals surface area (Å²) < 4.78 is 6.47. The van der Waals surface area contributed by atoms with Gasteiger partial charge in [0.15, 0.2) is 0 Å². The predicted molar refractivity (Wildman–Crippen MR) is 88.7 cm³/mol. The summed E-state index contributed by atoms with van der Waals surface area (Å²) in [4.78, 5) is 5.14. The highest BCUT2D eigenvalue weighted by Gasteiger charge is 2.33. The first kappa shape index (κ1) is 15.3. The molecule has 3 rings (SSSR count). The largest absolute Gasteiger partial charge is 0.497 e. The van der Waals surface area contributed by atoms with E-state index in [0.717, 1.165) is 29.4 Å². The van der Waals surface area contributed by atoms with Crippen LogP contribution < -0.4 is 10.5 Å². The Morgan fingerprint density at radius 2 is 2.00 bits per heavy atom. The van der Waals surface area contributed by atoms with Gasteiger partial charge in [-0.05, 0) is 36.6 Å². The summed E-state index contributed by atoms with van der Waals surface area (Å²) in [7, 11) is 1.71. The molecule has 1 aliphatic carbocycles. The van der Waals surface area contributed by atoms with Crippen molar-refractivity contribution in [1.29, 1.82) is 0 Å². The van der Waals surface area contributed by atoms with Gasteiger partial charge in [-0.15, -0.1) is 0 Å². The van der Waals surface area contributed by atoms with Gasteiger partial charge in [0.1, 0.15) is 5.75 Å². The minimum absolute atomic E-state index is 0.260. The molecule has 1 saturated carbocycles. The Balaban J connectivity index is 1.72. The number of hydrogen-bond donors (Lipinski definition) is 1. The van der Waals surface area contributed by atoms with Gasteiger partial charge >= 0.3 is 0 Å². The molecule has 116 valence electrons. The molecule has 2 fully saturated rings. The lowest BCUT2D eigenvalue weighted by Gasteiger charge is -2.39. The summed E-state index contributed by atoms with van der Waals surface area (Å²) in [6, 6.07) is 7.26. The maximum atomic E-state index is 6.09. The van der Waals surface area contributed by atoms with E-state index in [0.29, 0.717) is 6.54 Å². The van der Waals surface area contributed by atoms with E-state index in [1.54, 1.807) is 7.11 Å². The molecule has 1 aromatic carbocycles. The van der Waals surface area contributed by atoms with E-state index in [-0.39, 0.29) is 6.04 Å². The maximum Gasteiger partial charge on any atom is 0.119 e. The SMILES string of the molecule is COc1ccc(Br)c(C(CN)N2CCN(C3CC3)CC2)c1. The van der Waals surface area contributed by atoms with Crippen LogP contribution in [0, 0.1) is 0 Å². The third kappa shape index (κ3) is 3.42. The fourth-order valence-electron chi connectivity index (χ4n) is 3.23. The zero-order chi connectivity index (χ0) is 14.8. The van der Waals surface area contributed by atoms with Crippen LogP contribution in [0.4, 0.5) is 0 Å². The number of nitrogens with zero attached hydrogens (tertiary/aromatic N) is 2. The number of ether oxygens (including phenoxy) is 1. The highest BCUT2D eigenvalue weighted by Crippen LogP contribution is 2.33. The normalized spacial score (nSPS) is 22.2. The van der Waals surface area contributed by atoms with E-state index in [1.807, 2.05) is 6.07 Å². The molecule has 0 radical (unpaired) electrons. The van der Waals surface area contributed by atoms with Crippen molar-refractivity contribution in [3.63, 3.8) is 0 Å². The predicted octanol–water partition coefficient (Wildman–Crippen LogP) is 2.24. The summed E-state index contributed by atoms with van der Waals surface area (Å²) in [6.07, 6.45) is 2.78. The average molecular weight is 354 g/mol. The minimum atomic E-state index is 0.260. The van der Waals surface area contributed by atoms with E-state index in [1.165, 1.54) is 31.5 Å². The van der Waals surface area contributed by atoms with Crippen molar-refractivity contribution in [2.24, 2.45) is 5.73 Å². The Bertz CT molecular complexity index is 484. The van der Waals surface area contributed by atoms with Gasteiger partial charge in [-0.2, -0.15) is 0 Å². The van der Waals surface area contributed by atoms with Gasteiger partial charge in [0, 0.05) is 49.3 Å². The summed E-state index contributed by atoms with van der Waals surface area (Å²) in [5.41, 5.74) is 7.32. The van der Waals surface area contributed by atoms with Crippen molar-refractivity contribution in [2.45, 2.75) is 24.9 Å². The first-order valence-electron chi connectivity index (χ1n) is 7.74. The number of rotatable bonds is 5. The third-order valence-electron chi connectivity index (χ3n) is 4.64. The summed E-state index contributed by atoms with van der Waals surface area (Å²) in [6.45, 7) is 5.17. The number of benzene rings is 1. The second-order valence-corrected chi connectivity index (χ2v) is 6.80. The van der Waals surface area contributed by atoms with E-state index in [2.05, 4.69) is 37.9 Å². The Hall–Kier alpha value is -0.620. The van der Waals surface area contributed by atoms with Crippen LogP contribution >= 0.6 is 15.9 Å². The topological polar surface area (TPSA) is 41.7 Å². The quantitative estimate of drug-likeness (QED) is 0.881. The van der Waals surface area contributed by atoms with Gasteiger partial charge in [0.25, 0.3) is 0 Å². The minimum Gasteiger partial charge on any atom is -0.497 e. The summed E-state index contributed by atoms with van der Waals surface area (Å²) in [5.74, 6) is 0.892. The summed E-state index contributed by atoms with van der Waals surface area (Å²) >= 11 is 3.66. The number of piperazine rings is 1. The molecule has 0 amide bonds. The van der Waals surface area contributed by atoms with Gasteiger partial charge in [-0.1, -0.05) is 15.9 Å². The Kier molecular flexibility index (Phi) is 4.84. The molecule has 0 aromatic heterocycles. The van der Waals surface area contributed by atoms with Crippen molar-refractivity contribution in [3.05, 3.63) is 28.2 Å². The van der Waals surface area contributed by atoms with Crippen LogP contribution in [0.1, 0.15) is 24.4 Å². The smallest absolute Gasteiger partial charge is 0.119 e. The molecular weight excluding hydrogens is 330 g/mol. The molecule has 1 heterocycles. The zero-order valence-electron chi connectivity index (χ0n) is 12.6. The van der Waals surface area contributed by atoms with Crippen LogP contribution in [-0.4, -0.2) is 55.7 Å². The summed E-state index contributed by atoms with van der Waals surface area (Å²) in [5, 5.41) is 0. The first-order chi connectivity index (χ1) is 10.2. The van der Waals surface area contributed by atoms with E-state index >= 15 is 0 Å². The molecule has 2 aliphatic rings. The number of hydrogen-bond acceptors (Lipinski definition) is 4. The van der Waals surface area contributed by atoms with Crippen LogP contribution in [0.2, 0.25) is 0 Å². The molecule has 4 nitrogen and oxygen atoms in total. The van der Waals surface area contributed by atoms with Crippen LogP contribution in [0.25, 0.3) is 0 Å². The van der Waals surface area contributed by atoms with Crippen molar-refractivity contribution in [3.8, 4) is 5.75 Å². The monoisotopic (exact) mass is 353 g/mol. The van der Waals surface area contributed by atoms with Gasteiger partial charge in [0.05, 0.1) is 7.11 Å². The lowest BCUT2D eigenvalue weighted by atomic mass is 10.0. The van der Waals surface area contributed by atoms with Crippen molar-refractivity contribution in [1.82, 2.24) is 9.80 Å². The highest BCUT2D eigenvalue weighted by molar-refractivity contribution is 9.10. The molecule has 1 atom stereocenters. The number of methoxy groups -OCH3 is 1. The van der Waals surface area contributed by atoms with Crippen molar-refractivity contribution < 1.29 is 4.74 Å². The molecule has 2 N–H and O–H groups in total. The molecule has 1 unspecified atom stereocenters. The van der Waals surface area contributed by atoms with Crippen LogP contribution in [0.5, 0.6) is 5.75 Å². The Morgan fingerprint density at radius 3 is 2.57 bits per heavy atom. The number of halogens is 1. The molecule has 1 saturated heterocycles. The first-order valence-corrected chi connectivity index (χ1v) is 8.54. The molecule has 0 spiro atoms. The number of nitrogens with two attached hydrogens (primary N) is 1. The maximum absolute atomic E-state index is 6.09. The van der Waals surface area contributed by atoms with E-state index in [9.17, 15) is 0 Å². The van der Waals surface area contributed by atoms with E-state index < -0.39 is 0 Å². The molecule has 21 heavy (non-hydrogen) atoms. The highest BCUT2D eigenvalue weighted by atomic mass is 79.9.